The Bertz CT molecular complexity index is 126. The van der Waals surface area contributed by atoms with Gasteiger partial charge in [0, 0.05) is 6.54 Å². The highest BCUT2D eigenvalue weighted by atomic mass is 32.1. The third-order valence-electron chi connectivity index (χ3n) is 1.58. The van der Waals surface area contributed by atoms with Crippen molar-refractivity contribution in [2.24, 2.45) is 0 Å². The first-order chi connectivity index (χ1) is 4.64. The number of ether oxygens (including phenoxy) is 1. The number of nitrogens with one attached hydrogen (secondary N) is 1. The van der Waals surface area contributed by atoms with Gasteiger partial charge >= 0.3 is 0 Å². The summed E-state index contributed by atoms with van der Waals surface area (Å²) < 4.78 is 5.55. The van der Waals surface area contributed by atoms with Gasteiger partial charge in [0.1, 0.15) is 6.61 Å². The molecule has 0 aliphatic carbocycles. The fourth-order valence-electron chi connectivity index (χ4n) is 0.878. The quantitative estimate of drug-likeness (QED) is 0.438. The van der Waals surface area contributed by atoms with E-state index in [4.69, 9.17) is 4.74 Å². The monoisotopic (exact) mass is 160 g/mol. The van der Waals surface area contributed by atoms with Crippen LogP contribution in [-0.2, 0) is 16.1 Å². The van der Waals surface area contributed by atoms with Crippen molar-refractivity contribution in [1.82, 2.24) is 5.32 Å². The summed E-state index contributed by atoms with van der Waals surface area (Å²) in [6.07, 6.45) is 0. The lowest BCUT2D eigenvalue weighted by molar-refractivity contribution is -0.0440. The van der Waals surface area contributed by atoms with Gasteiger partial charge in [-0.3, -0.25) is 5.32 Å². The molecule has 1 unspecified atom stereocenters. The molecule has 0 aromatic rings. The van der Waals surface area contributed by atoms with Gasteiger partial charge in [-0.25, -0.2) is 0 Å². The van der Waals surface area contributed by atoms with Crippen LogP contribution in [0.2, 0.25) is 0 Å². The van der Waals surface area contributed by atoms with E-state index in [0.717, 1.165) is 13.2 Å². The van der Waals surface area contributed by atoms with Crippen LogP contribution in [0.4, 0.5) is 0 Å². The molecule has 58 valence electrons. The molecule has 0 aromatic carbocycles. The Morgan fingerprint density at radius 1 is 1.70 bits per heavy atom. The van der Waals surface area contributed by atoms with Gasteiger partial charge in [0.2, 0.25) is 0 Å². The summed E-state index contributed by atoms with van der Waals surface area (Å²) in [5.41, 5.74) is 0.00618. The van der Waals surface area contributed by atoms with Crippen LogP contribution in [0.1, 0.15) is 13.8 Å². The summed E-state index contributed by atoms with van der Waals surface area (Å²) in [6.45, 7) is 5.86. The molecule has 1 fully saturated rings. The van der Waals surface area contributed by atoms with E-state index >= 15 is 0 Å². The summed E-state index contributed by atoms with van der Waals surface area (Å²) in [4.78, 5) is 0. The van der Waals surface area contributed by atoms with Crippen molar-refractivity contribution < 1.29 is 4.74 Å². The van der Waals surface area contributed by atoms with Crippen LogP contribution < -0.4 is 5.32 Å². The molecule has 1 aliphatic rings. The van der Waals surface area contributed by atoms with E-state index in [1.165, 1.54) is 0 Å². The Balaban J connectivity index is 2.38. The smallest absolute Gasteiger partial charge is 0.260 e. The zero-order valence-corrected chi connectivity index (χ0v) is 7.33. The standard InChI is InChI=1S/C7H14NOS/c1-7(2)5-8-6(10-3)4-9-7/h6,8H,3-5H2,1-2H3/q+1. The Morgan fingerprint density at radius 3 is 2.80 bits per heavy atom. The predicted molar refractivity (Wildman–Crippen MR) is 46.3 cm³/mol. The van der Waals surface area contributed by atoms with Crippen LogP contribution in [0.15, 0.2) is 0 Å². The van der Waals surface area contributed by atoms with Crippen molar-refractivity contribution in [2.45, 2.75) is 24.8 Å². The van der Waals surface area contributed by atoms with E-state index in [0.29, 0.717) is 5.37 Å². The van der Waals surface area contributed by atoms with Crippen molar-refractivity contribution in [2.75, 3.05) is 13.2 Å². The molecule has 1 atom stereocenters. The normalized spacial score (nSPS) is 31.6. The first kappa shape index (κ1) is 8.11. The highest BCUT2D eigenvalue weighted by molar-refractivity contribution is 7.76. The molecule has 0 spiro atoms. The highest BCUT2D eigenvalue weighted by Crippen LogP contribution is 2.12. The van der Waals surface area contributed by atoms with Crippen molar-refractivity contribution in [1.29, 1.82) is 0 Å². The van der Waals surface area contributed by atoms with Gasteiger partial charge in [0.15, 0.2) is 17.2 Å². The maximum absolute atomic E-state index is 5.55. The molecule has 1 aliphatic heterocycles. The van der Waals surface area contributed by atoms with Crippen molar-refractivity contribution in [3.63, 3.8) is 0 Å². The lowest BCUT2D eigenvalue weighted by Gasteiger charge is -2.30. The van der Waals surface area contributed by atoms with Crippen molar-refractivity contribution in [3.8, 4) is 0 Å². The lowest BCUT2D eigenvalue weighted by Crippen LogP contribution is -2.51. The third kappa shape index (κ3) is 2.01. The van der Waals surface area contributed by atoms with Crippen molar-refractivity contribution >= 4 is 17.2 Å². The Morgan fingerprint density at radius 2 is 2.40 bits per heavy atom. The van der Waals surface area contributed by atoms with Gasteiger partial charge in [-0.2, -0.15) is 0 Å². The summed E-state index contributed by atoms with van der Waals surface area (Å²) in [7, 11) is 0. The summed E-state index contributed by atoms with van der Waals surface area (Å²) in [6, 6.07) is 0. The lowest BCUT2D eigenvalue weighted by atomic mass is 10.1. The van der Waals surface area contributed by atoms with Crippen LogP contribution in [0.5, 0.6) is 0 Å². The largest absolute Gasteiger partial charge is 0.367 e. The maximum atomic E-state index is 5.55. The first-order valence-electron chi connectivity index (χ1n) is 3.42. The maximum Gasteiger partial charge on any atom is 0.260 e. The Kier molecular flexibility index (Phi) is 2.39. The van der Waals surface area contributed by atoms with Crippen LogP contribution in [0, 0.1) is 0 Å². The molecular formula is C7H14NOS+. The highest BCUT2D eigenvalue weighted by Gasteiger charge is 2.30. The topological polar surface area (TPSA) is 21.3 Å². The molecule has 10 heavy (non-hydrogen) atoms. The van der Waals surface area contributed by atoms with Gasteiger partial charge in [0.05, 0.1) is 5.60 Å². The number of morpholine rings is 1. The molecular weight excluding hydrogens is 146 g/mol. The Hall–Kier alpha value is 0.0100. The number of hydrogen-bond acceptors (Lipinski definition) is 2. The van der Waals surface area contributed by atoms with E-state index in [-0.39, 0.29) is 5.60 Å². The molecule has 1 saturated heterocycles. The van der Waals surface area contributed by atoms with E-state index < -0.39 is 0 Å². The minimum atomic E-state index is 0.00618. The van der Waals surface area contributed by atoms with Crippen LogP contribution in [0.25, 0.3) is 0 Å². The van der Waals surface area contributed by atoms with E-state index in [2.05, 4.69) is 25.0 Å². The summed E-state index contributed by atoms with van der Waals surface area (Å²) in [5, 5.41) is 3.72. The number of rotatable bonds is 1. The van der Waals surface area contributed by atoms with Gasteiger partial charge in [0.25, 0.3) is 5.37 Å². The SMILES string of the molecule is C=[S+]C1COC(C)(C)CN1. The molecule has 1 rings (SSSR count). The van der Waals surface area contributed by atoms with Crippen LogP contribution in [-0.4, -0.2) is 30.0 Å². The van der Waals surface area contributed by atoms with Gasteiger partial charge in [-0.1, -0.05) is 0 Å². The first-order valence-corrected chi connectivity index (χ1v) is 4.47. The molecule has 0 aromatic heterocycles. The molecule has 0 amide bonds. The molecule has 3 heteroatoms. The van der Waals surface area contributed by atoms with Crippen LogP contribution >= 0.6 is 0 Å². The van der Waals surface area contributed by atoms with Crippen molar-refractivity contribution in [3.05, 3.63) is 0 Å². The fraction of sp³-hybridized carbons (Fsp3) is 0.857. The summed E-state index contributed by atoms with van der Waals surface area (Å²) >= 11 is 1.56. The van der Waals surface area contributed by atoms with Gasteiger partial charge < -0.3 is 4.74 Å². The third-order valence-corrected chi connectivity index (χ3v) is 2.29. The van der Waals surface area contributed by atoms with Crippen LogP contribution in [0.3, 0.4) is 0 Å². The summed E-state index contributed by atoms with van der Waals surface area (Å²) in [5.74, 6) is 3.73. The average molecular weight is 160 g/mol. The zero-order valence-electron chi connectivity index (χ0n) is 6.52. The molecule has 0 bridgehead atoms. The second kappa shape index (κ2) is 2.95. The van der Waals surface area contributed by atoms with Gasteiger partial charge in [-0.15, -0.1) is 0 Å². The van der Waals surface area contributed by atoms with E-state index in [1.54, 1.807) is 11.4 Å². The van der Waals surface area contributed by atoms with E-state index in [9.17, 15) is 0 Å². The molecule has 1 heterocycles. The molecule has 2 nitrogen and oxygen atoms in total. The molecule has 0 saturated carbocycles. The Labute approximate surface area is 65.9 Å². The molecule has 1 N–H and O–H groups in total. The number of hydrogen-bond donors (Lipinski definition) is 1. The second-order valence-electron chi connectivity index (χ2n) is 3.11. The fourth-order valence-corrected chi connectivity index (χ4v) is 1.24. The van der Waals surface area contributed by atoms with E-state index in [1.807, 2.05) is 0 Å². The second-order valence-corrected chi connectivity index (χ2v) is 4.01. The molecule has 0 radical (unpaired) electrons. The predicted octanol–water partition coefficient (Wildman–Crippen LogP) is 0.225. The zero-order chi connectivity index (χ0) is 7.61. The minimum absolute atomic E-state index is 0.00618. The van der Waals surface area contributed by atoms with Gasteiger partial charge in [-0.05, 0) is 13.8 Å². The average Bonchev–Trinajstić information content (AvgIpc) is 1.88. The minimum Gasteiger partial charge on any atom is -0.367 e.